The van der Waals surface area contributed by atoms with Gasteiger partial charge in [0.2, 0.25) is 0 Å². The summed E-state index contributed by atoms with van der Waals surface area (Å²) >= 11 is 0. The fourth-order valence-electron chi connectivity index (χ4n) is 1.73. The molecule has 3 heteroatoms. The van der Waals surface area contributed by atoms with Crippen LogP contribution in [0.25, 0.3) is 0 Å². The zero-order valence-electron chi connectivity index (χ0n) is 9.20. The Hall–Kier alpha value is -1.12. The number of carbonyl (C=O) groups excluding carboxylic acids is 2. The highest BCUT2D eigenvalue weighted by atomic mass is 16.5. The van der Waals surface area contributed by atoms with E-state index >= 15 is 0 Å². The normalized spacial score (nSPS) is 23.1. The molecular formula is C12H18O3. The van der Waals surface area contributed by atoms with Crippen LogP contribution in [0.15, 0.2) is 11.6 Å². The monoisotopic (exact) mass is 210 g/mol. The molecule has 0 N–H and O–H groups in total. The minimum absolute atomic E-state index is 0.00312. The van der Waals surface area contributed by atoms with Crippen molar-refractivity contribution in [1.29, 1.82) is 0 Å². The van der Waals surface area contributed by atoms with Crippen LogP contribution in [0.4, 0.5) is 0 Å². The van der Waals surface area contributed by atoms with Gasteiger partial charge in [0.05, 0.1) is 6.61 Å². The second-order valence-corrected chi connectivity index (χ2v) is 3.85. The Labute approximate surface area is 90.5 Å². The first-order valence-corrected chi connectivity index (χ1v) is 5.60. The molecule has 0 saturated carbocycles. The van der Waals surface area contributed by atoms with Crippen LogP contribution in [0.2, 0.25) is 0 Å². The quantitative estimate of drug-likeness (QED) is 0.292. The van der Waals surface area contributed by atoms with E-state index in [0.717, 1.165) is 19.1 Å². The van der Waals surface area contributed by atoms with Gasteiger partial charge in [0, 0.05) is 17.9 Å². The lowest BCUT2D eigenvalue weighted by Gasteiger charge is -2.02. The van der Waals surface area contributed by atoms with Crippen LogP contribution in [-0.2, 0) is 14.3 Å². The van der Waals surface area contributed by atoms with E-state index in [1.54, 1.807) is 0 Å². The lowest BCUT2D eigenvalue weighted by molar-refractivity contribution is -0.135. The van der Waals surface area contributed by atoms with Gasteiger partial charge < -0.3 is 9.53 Å². The topological polar surface area (TPSA) is 43.4 Å². The van der Waals surface area contributed by atoms with E-state index in [1.165, 1.54) is 12.8 Å². The van der Waals surface area contributed by atoms with Crippen molar-refractivity contribution in [2.24, 2.45) is 5.92 Å². The van der Waals surface area contributed by atoms with Gasteiger partial charge in [-0.1, -0.05) is 25.8 Å². The molecule has 0 aliphatic carbocycles. The summed E-state index contributed by atoms with van der Waals surface area (Å²) < 4.78 is 4.92. The van der Waals surface area contributed by atoms with Crippen LogP contribution in [0.5, 0.6) is 0 Å². The molecule has 1 saturated heterocycles. The fourth-order valence-corrected chi connectivity index (χ4v) is 1.73. The first-order valence-electron chi connectivity index (χ1n) is 5.60. The summed E-state index contributed by atoms with van der Waals surface area (Å²) in [5.74, 6) is -0.241. The molecular weight excluding hydrogens is 192 g/mol. The maximum atomic E-state index is 11.3. The number of unbranched alkanes of at least 4 members (excludes halogenated alkanes) is 3. The molecule has 1 heterocycles. The third kappa shape index (κ3) is 3.50. The summed E-state index contributed by atoms with van der Waals surface area (Å²) in [7, 11) is 0. The van der Waals surface area contributed by atoms with Crippen LogP contribution >= 0.6 is 0 Å². The van der Waals surface area contributed by atoms with E-state index in [4.69, 9.17) is 4.74 Å². The van der Waals surface area contributed by atoms with E-state index in [9.17, 15) is 9.59 Å². The molecule has 0 unspecified atom stereocenters. The number of rotatable bonds is 6. The van der Waals surface area contributed by atoms with Gasteiger partial charge in [-0.05, 0) is 12.8 Å². The Morgan fingerprint density at radius 1 is 1.47 bits per heavy atom. The summed E-state index contributed by atoms with van der Waals surface area (Å²) in [5.41, 5.74) is 0.707. The molecule has 1 aliphatic rings. The Kier molecular flexibility index (Phi) is 5.08. The average molecular weight is 210 g/mol. The van der Waals surface area contributed by atoms with Crippen molar-refractivity contribution in [2.45, 2.75) is 39.0 Å². The summed E-state index contributed by atoms with van der Waals surface area (Å²) in [5, 5.41) is 0. The summed E-state index contributed by atoms with van der Waals surface area (Å²) in [6.45, 7) is 2.52. The third-order valence-electron chi connectivity index (χ3n) is 2.64. The van der Waals surface area contributed by atoms with Crippen molar-refractivity contribution in [1.82, 2.24) is 0 Å². The molecule has 0 aromatic heterocycles. The Morgan fingerprint density at radius 3 is 2.93 bits per heavy atom. The van der Waals surface area contributed by atoms with Crippen LogP contribution in [-0.4, -0.2) is 18.9 Å². The van der Waals surface area contributed by atoms with Gasteiger partial charge in [0.15, 0.2) is 0 Å². The van der Waals surface area contributed by atoms with Crippen molar-refractivity contribution in [3.63, 3.8) is 0 Å². The molecule has 3 nitrogen and oxygen atoms in total. The van der Waals surface area contributed by atoms with Crippen LogP contribution < -0.4 is 0 Å². The first kappa shape index (κ1) is 12.0. The predicted molar refractivity (Wildman–Crippen MR) is 57.4 cm³/mol. The first-order chi connectivity index (χ1) is 7.29. The highest BCUT2D eigenvalue weighted by molar-refractivity contribution is 5.91. The van der Waals surface area contributed by atoms with E-state index < -0.39 is 0 Å². The van der Waals surface area contributed by atoms with E-state index in [1.807, 2.05) is 6.08 Å². The molecule has 0 aromatic rings. The van der Waals surface area contributed by atoms with Crippen molar-refractivity contribution >= 4 is 12.3 Å². The number of esters is 1. The molecule has 0 spiro atoms. The van der Waals surface area contributed by atoms with Gasteiger partial charge in [-0.25, -0.2) is 4.79 Å². The fraction of sp³-hybridized carbons (Fsp3) is 0.667. The van der Waals surface area contributed by atoms with Gasteiger partial charge in [0.25, 0.3) is 0 Å². The second kappa shape index (κ2) is 6.38. The lowest BCUT2D eigenvalue weighted by Crippen LogP contribution is -2.04. The predicted octanol–water partition coefficient (Wildman–Crippen LogP) is 2.26. The largest absolute Gasteiger partial charge is 0.462 e. The van der Waals surface area contributed by atoms with Gasteiger partial charge >= 0.3 is 5.97 Å². The third-order valence-corrected chi connectivity index (χ3v) is 2.64. The van der Waals surface area contributed by atoms with E-state index in [-0.39, 0.29) is 11.9 Å². The number of hydrogen-bond donors (Lipinski definition) is 0. The molecule has 0 bridgehead atoms. The SMILES string of the molecule is CCCCC/C=C1\C(=O)OC[C@H]1CC=O. The highest BCUT2D eigenvalue weighted by Gasteiger charge is 2.29. The smallest absolute Gasteiger partial charge is 0.334 e. The molecule has 0 radical (unpaired) electrons. The molecule has 1 atom stereocenters. The molecule has 1 rings (SSSR count). The minimum Gasteiger partial charge on any atom is -0.462 e. The molecule has 1 fully saturated rings. The molecule has 84 valence electrons. The number of hydrogen-bond acceptors (Lipinski definition) is 3. The number of allylic oxidation sites excluding steroid dienone is 1. The molecule has 1 aliphatic heterocycles. The molecule has 0 aromatic carbocycles. The zero-order chi connectivity index (χ0) is 11.1. The Balaban J connectivity index is 2.47. The minimum atomic E-state index is -0.238. The van der Waals surface area contributed by atoms with Crippen molar-refractivity contribution < 1.29 is 14.3 Å². The molecule has 15 heavy (non-hydrogen) atoms. The van der Waals surface area contributed by atoms with E-state index in [2.05, 4.69) is 6.92 Å². The van der Waals surface area contributed by atoms with Crippen LogP contribution in [0.3, 0.4) is 0 Å². The average Bonchev–Trinajstić information content (AvgIpc) is 2.56. The highest BCUT2D eigenvalue weighted by Crippen LogP contribution is 2.24. The summed E-state index contributed by atoms with van der Waals surface area (Å²) in [6.07, 6.45) is 7.55. The Morgan fingerprint density at radius 2 is 2.27 bits per heavy atom. The maximum absolute atomic E-state index is 11.3. The van der Waals surface area contributed by atoms with Crippen LogP contribution in [0.1, 0.15) is 39.0 Å². The zero-order valence-corrected chi connectivity index (χ0v) is 9.20. The molecule has 0 amide bonds. The number of aldehydes is 1. The van der Waals surface area contributed by atoms with Crippen molar-refractivity contribution in [3.8, 4) is 0 Å². The van der Waals surface area contributed by atoms with Gasteiger partial charge in [-0.15, -0.1) is 0 Å². The van der Waals surface area contributed by atoms with Crippen molar-refractivity contribution in [2.75, 3.05) is 6.61 Å². The van der Waals surface area contributed by atoms with Gasteiger partial charge in [0.1, 0.15) is 6.29 Å². The summed E-state index contributed by atoms with van der Waals surface area (Å²) in [4.78, 5) is 21.7. The maximum Gasteiger partial charge on any atom is 0.334 e. The number of cyclic esters (lactones) is 1. The number of carbonyl (C=O) groups is 2. The number of ether oxygens (including phenoxy) is 1. The van der Waals surface area contributed by atoms with E-state index in [0.29, 0.717) is 18.6 Å². The summed E-state index contributed by atoms with van der Waals surface area (Å²) in [6, 6.07) is 0. The van der Waals surface area contributed by atoms with Crippen LogP contribution in [0, 0.1) is 5.92 Å². The Bertz CT molecular complexity index is 256. The lowest BCUT2D eigenvalue weighted by atomic mass is 9.98. The second-order valence-electron chi connectivity index (χ2n) is 3.85. The standard InChI is InChI=1S/C12H18O3/c1-2-3-4-5-6-11-10(7-8-13)9-15-12(11)14/h6,8,10H,2-5,7,9H2,1H3/b11-6-/t10-/m1/s1. The van der Waals surface area contributed by atoms with Crippen molar-refractivity contribution in [3.05, 3.63) is 11.6 Å². The van der Waals surface area contributed by atoms with Gasteiger partial charge in [-0.2, -0.15) is 0 Å². The van der Waals surface area contributed by atoms with Gasteiger partial charge in [-0.3, -0.25) is 0 Å².